The number of hydrogen-bond acceptors (Lipinski definition) is 5. The number of likely N-dealkylation sites (N-methyl/N-ethyl adjacent to an activating group) is 1. The molecule has 0 aromatic heterocycles. The zero-order valence-electron chi connectivity index (χ0n) is 19.2. The van der Waals surface area contributed by atoms with Crippen LogP contribution in [0.15, 0.2) is 48.5 Å². The van der Waals surface area contributed by atoms with Crippen LogP contribution in [0.5, 0.6) is 5.75 Å². The third-order valence-electron chi connectivity index (χ3n) is 4.90. The van der Waals surface area contributed by atoms with Crippen LogP contribution in [0.1, 0.15) is 26.3 Å². The highest BCUT2D eigenvalue weighted by molar-refractivity contribution is 7.92. The van der Waals surface area contributed by atoms with Gasteiger partial charge in [-0.25, -0.2) is 12.8 Å². The van der Waals surface area contributed by atoms with Crippen molar-refractivity contribution in [2.24, 2.45) is 0 Å². The minimum absolute atomic E-state index is 0.00211. The summed E-state index contributed by atoms with van der Waals surface area (Å²) < 4.78 is 45.1. The number of carbonyl (C=O) groups excluding carboxylic acids is 2. The van der Waals surface area contributed by atoms with Gasteiger partial charge in [-0.3, -0.25) is 13.9 Å². The topological polar surface area (TPSA) is 96.0 Å². The number of hydrogen-bond donors (Lipinski definition) is 1. The summed E-state index contributed by atoms with van der Waals surface area (Å²) in [6.45, 7) is 5.24. The smallest absolute Gasteiger partial charge is 0.244 e. The van der Waals surface area contributed by atoms with Crippen molar-refractivity contribution in [2.45, 2.75) is 33.4 Å². The van der Waals surface area contributed by atoms with Crippen molar-refractivity contribution in [3.05, 3.63) is 59.9 Å². The van der Waals surface area contributed by atoms with Gasteiger partial charge in [0.1, 0.15) is 24.2 Å². The summed E-state index contributed by atoms with van der Waals surface area (Å²) in [5.74, 6) is -1.08. The highest BCUT2D eigenvalue weighted by Crippen LogP contribution is 2.30. The fourth-order valence-electron chi connectivity index (χ4n) is 3.23. The molecule has 0 heterocycles. The third kappa shape index (κ3) is 7.18. The van der Waals surface area contributed by atoms with Crippen LogP contribution in [0.25, 0.3) is 0 Å². The second-order valence-electron chi connectivity index (χ2n) is 7.39. The number of benzene rings is 2. The molecule has 10 heteroatoms. The first-order valence-corrected chi connectivity index (χ1v) is 12.4. The second kappa shape index (κ2) is 11.6. The van der Waals surface area contributed by atoms with Crippen molar-refractivity contribution in [2.75, 3.05) is 30.3 Å². The van der Waals surface area contributed by atoms with Gasteiger partial charge in [0, 0.05) is 13.1 Å². The Labute approximate surface area is 194 Å². The van der Waals surface area contributed by atoms with Crippen LogP contribution >= 0.6 is 0 Å². The maximum absolute atomic E-state index is 13.4. The molecular formula is C23H30FN3O5S. The molecule has 0 aliphatic carbocycles. The Bertz CT molecular complexity index is 1060. The van der Waals surface area contributed by atoms with Crippen molar-refractivity contribution in [1.82, 2.24) is 10.2 Å². The monoisotopic (exact) mass is 479 g/mol. The number of halogens is 1. The number of anilines is 1. The fraction of sp³-hybridized carbons (Fsp3) is 0.391. The van der Waals surface area contributed by atoms with Crippen LogP contribution in [0.3, 0.4) is 0 Å². The van der Waals surface area contributed by atoms with E-state index in [-0.39, 0.29) is 18.1 Å². The Morgan fingerprint density at radius 3 is 2.30 bits per heavy atom. The first-order valence-electron chi connectivity index (χ1n) is 10.6. The van der Waals surface area contributed by atoms with Gasteiger partial charge in [0.05, 0.1) is 18.6 Å². The molecule has 2 rings (SSSR count). The molecule has 0 bridgehead atoms. The zero-order chi connectivity index (χ0) is 24.6. The van der Waals surface area contributed by atoms with E-state index < -0.39 is 34.3 Å². The van der Waals surface area contributed by atoms with Gasteiger partial charge in [0.2, 0.25) is 21.8 Å². The third-order valence-corrected chi connectivity index (χ3v) is 6.02. The van der Waals surface area contributed by atoms with E-state index in [1.54, 1.807) is 45.0 Å². The van der Waals surface area contributed by atoms with Crippen molar-refractivity contribution in [3.63, 3.8) is 0 Å². The van der Waals surface area contributed by atoms with Crippen molar-refractivity contribution in [3.8, 4) is 5.75 Å². The van der Waals surface area contributed by atoms with Crippen LogP contribution in [0.4, 0.5) is 10.1 Å². The van der Waals surface area contributed by atoms with E-state index >= 15 is 0 Å². The van der Waals surface area contributed by atoms with E-state index in [0.717, 1.165) is 10.6 Å². The number of carbonyl (C=O) groups is 2. The van der Waals surface area contributed by atoms with Crippen LogP contribution < -0.4 is 14.4 Å². The Morgan fingerprint density at radius 2 is 1.73 bits per heavy atom. The zero-order valence-corrected chi connectivity index (χ0v) is 20.1. The first kappa shape index (κ1) is 26.1. The van der Waals surface area contributed by atoms with E-state index in [0.29, 0.717) is 24.5 Å². The normalized spacial score (nSPS) is 12.0. The van der Waals surface area contributed by atoms with E-state index in [2.05, 4.69) is 5.32 Å². The maximum Gasteiger partial charge on any atom is 0.244 e. The lowest BCUT2D eigenvalue weighted by Crippen LogP contribution is -2.51. The quantitative estimate of drug-likeness (QED) is 0.534. The lowest BCUT2D eigenvalue weighted by molar-refractivity contribution is -0.139. The molecule has 1 N–H and O–H groups in total. The Balaban J connectivity index is 2.41. The molecule has 0 saturated carbocycles. The molecular weight excluding hydrogens is 449 g/mol. The summed E-state index contributed by atoms with van der Waals surface area (Å²) in [6, 6.07) is 11.2. The second-order valence-corrected chi connectivity index (χ2v) is 9.30. The van der Waals surface area contributed by atoms with Gasteiger partial charge < -0.3 is 15.0 Å². The van der Waals surface area contributed by atoms with E-state index in [9.17, 15) is 22.4 Å². The molecule has 0 unspecified atom stereocenters. The van der Waals surface area contributed by atoms with E-state index in [1.807, 2.05) is 0 Å². The number of ether oxygens (including phenoxy) is 1. The molecule has 8 nitrogen and oxygen atoms in total. The summed E-state index contributed by atoms with van der Waals surface area (Å²) >= 11 is 0. The van der Waals surface area contributed by atoms with Gasteiger partial charge in [-0.2, -0.15) is 0 Å². The highest BCUT2D eigenvalue weighted by atomic mass is 32.2. The minimum atomic E-state index is -3.87. The lowest BCUT2D eigenvalue weighted by atomic mass is 10.1. The highest BCUT2D eigenvalue weighted by Gasteiger charge is 2.31. The number of para-hydroxylation sites is 2. The van der Waals surface area contributed by atoms with Crippen LogP contribution in [-0.2, 0) is 26.2 Å². The summed E-state index contributed by atoms with van der Waals surface area (Å²) in [5.41, 5.74) is 0.823. The average Bonchev–Trinajstić information content (AvgIpc) is 2.76. The molecule has 0 fully saturated rings. The van der Waals surface area contributed by atoms with Gasteiger partial charge in [-0.1, -0.05) is 24.3 Å². The van der Waals surface area contributed by atoms with Crippen LogP contribution in [0, 0.1) is 5.82 Å². The molecule has 2 aromatic rings. The molecule has 0 aliphatic rings. The van der Waals surface area contributed by atoms with E-state index in [4.69, 9.17) is 4.74 Å². The summed E-state index contributed by atoms with van der Waals surface area (Å²) in [5, 5.41) is 2.67. The van der Waals surface area contributed by atoms with Crippen molar-refractivity contribution in [1.29, 1.82) is 0 Å². The molecule has 2 aromatic carbocycles. The van der Waals surface area contributed by atoms with E-state index in [1.165, 1.54) is 29.2 Å². The summed E-state index contributed by atoms with van der Waals surface area (Å²) in [6.07, 6.45) is 1.00. The van der Waals surface area contributed by atoms with Crippen LogP contribution in [0.2, 0.25) is 0 Å². The molecule has 180 valence electrons. The molecule has 0 radical (unpaired) electrons. The predicted octanol–water partition coefficient (Wildman–Crippen LogP) is 2.54. The molecule has 0 aliphatic heterocycles. The molecule has 0 spiro atoms. The maximum atomic E-state index is 13.4. The molecule has 1 atom stereocenters. The predicted molar refractivity (Wildman–Crippen MR) is 125 cm³/mol. The Kier molecular flexibility index (Phi) is 9.22. The lowest BCUT2D eigenvalue weighted by Gasteiger charge is -2.31. The first-order chi connectivity index (χ1) is 15.6. The van der Waals surface area contributed by atoms with Gasteiger partial charge in [-0.15, -0.1) is 0 Å². The average molecular weight is 480 g/mol. The van der Waals surface area contributed by atoms with Gasteiger partial charge in [-0.05, 0) is 50.6 Å². The van der Waals surface area contributed by atoms with Crippen molar-refractivity contribution < 1.29 is 27.1 Å². The number of rotatable bonds is 11. The Morgan fingerprint density at radius 1 is 1.09 bits per heavy atom. The van der Waals surface area contributed by atoms with Gasteiger partial charge in [0.15, 0.2) is 0 Å². The largest absolute Gasteiger partial charge is 0.492 e. The SMILES string of the molecule is CCNC(=O)[C@@H](C)N(Cc1ccc(F)cc1)C(=O)CN(c1ccccc1OCC)S(C)(=O)=O. The van der Waals surface area contributed by atoms with Gasteiger partial charge in [0.25, 0.3) is 0 Å². The van der Waals surface area contributed by atoms with Crippen LogP contribution in [-0.4, -0.2) is 57.1 Å². The minimum Gasteiger partial charge on any atom is -0.492 e. The number of nitrogens with one attached hydrogen (secondary N) is 1. The molecule has 2 amide bonds. The van der Waals surface area contributed by atoms with Crippen molar-refractivity contribution >= 4 is 27.5 Å². The number of amides is 2. The number of nitrogens with zero attached hydrogens (tertiary/aromatic N) is 2. The fourth-order valence-corrected chi connectivity index (χ4v) is 4.08. The molecule has 33 heavy (non-hydrogen) atoms. The Hall–Kier alpha value is -3.14. The molecule has 0 saturated heterocycles. The number of sulfonamides is 1. The standard InChI is InChI=1S/C23H30FN3O5S/c1-5-25-23(29)17(3)26(15-18-11-13-19(24)14-12-18)22(28)16-27(33(4,30)31)20-9-7-8-10-21(20)32-6-2/h7-14,17H,5-6,15-16H2,1-4H3,(H,25,29)/t17-/m1/s1. The summed E-state index contributed by atoms with van der Waals surface area (Å²) in [7, 11) is -3.87. The summed E-state index contributed by atoms with van der Waals surface area (Å²) in [4.78, 5) is 27.2. The van der Waals surface area contributed by atoms with Gasteiger partial charge >= 0.3 is 0 Å².